The van der Waals surface area contributed by atoms with Crippen molar-refractivity contribution in [1.29, 1.82) is 0 Å². The Labute approximate surface area is 160 Å². The fourth-order valence-electron chi connectivity index (χ4n) is 2.91. The Balaban J connectivity index is 2.12. The van der Waals surface area contributed by atoms with Crippen molar-refractivity contribution in [1.82, 2.24) is 25.5 Å². The van der Waals surface area contributed by atoms with Gasteiger partial charge in [-0.25, -0.2) is 4.68 Å². The van der Waals surface area contributed by atoms with Gasteiger partial charge in [-0.2, -0.15) is 0 Å². The molecule has 0 aromatic carbocycles. The van der Waals surface area contributed by atoms with Crippen molar-refractivity contribution in [2.24, 2.45) is 18.4 Å². The van der Waals surface area contributed by atoms with E-state index >= 15 is 0 Å². The van der Waals surface area contributed by atoms with Gasteiger partial charge >= 0.3 is 0 Å². The number of rotatable bonds is 6. The van der Waals surface area contributed by atoms with E-state index in [0.29, 0.717) is 12.2 Å². The van der Waals surface area contributed by atoms with Gasteiger partial charge in [-0.05, 0) is 35.9 Å². The molecular formula is C15H27N5O2S2Si. The van der Waals surface area contributed by atoms with E-state index in [1.54, 1.807) is 11.7 Å². The van der Waals surface area contributed by atoms with Crippen molar-refractivity contribution >= 4 is 43.1 Å². The van der Waals surface area contributed by atoms with Crippen molar-refractivity contribution < 1.29 is 9.22 Å². The van der Waals surface area contributed by atoms with Crippen LogP contribution in [-0.2, 0) is 22.7 Å². The lowest BCUT2D eigenvalue weighted by Crippen LogP contribution is -2.69. The van der Waals surface area contributed by atoms with Gasteiger partial charge < -0.3 is 9.74 Å². The van der Waals surface area contributed by atoms with Gasteiger partial charge in [-0.3, -0.25) is 4.79 Å². The summed E-state index contributed by atoms with van der Waals surface area (Å²) in [5.74, 6) is 0.514. The van der Waals surface area contributed by atoms with Crippen LogP contribution < -0.4 is 5.32 Å². The van der Waals surface area contributed by atoms with Crippen LogP contribution in [0.4, 0.5) is 0 Å². The minimum absolute atomic E-state index is 0.0349. The smallest absolute Gasteiger partial charge is 0.229 e. The maximum atomic E-state index is 12.4. The van der Waals surface area contributed by atoms with E-state index in [9.17, 15) is 4.79 Å². The van der Waals surface area contributed by atoms with E-state index < -0.39 is 14.6 Å². The zero-order valence-electron chi connectivity index (χ0n) is 15.9. The highest BCUT2D eigenvalue weighted by Gasteiger charge is 2.57. The van der Waals surface area contributed by atoms with Gasteiger partial charge in [0.25, 0.3) is 0 Å². The highest BCUT2D eigenvalue weighted by molar-refractivity contribution is 8.23. The Morgan fingerprint density at radius 2 is 2.04 bits per heavy atom. The fourth-order valence-corrected chi connectivity index (χ4v) is 6.02. The number of aromatic nitrogens is 4. The number of β-lactam (4-membered cyclic amide) rings is 1. The molecule has 0 aliphatic carbocycles. The Bertz CT molecular complexity index is 661. The molecule has 0 bridgehead atoms. The molecule has 0 radical (unpaired) electrons. The normalized spacial score (nSPS) is 23.1. The quantitative estimate of drug-likeness (QED) is 0.441. The summed E-state index contributed by atoms with van der Waals surface area (Å²) in [6, 6.07) is 0. The number of thiocarbonyl (C=S) groups is 1. The van der Waals surface area contributed by atoms with Gasteiger partial charge in [0.15, 0.2) is 14.9 Å². The standard InChI is InChI=1S/C15H27N5O2S2Si/c1-14(2,3)15(4,22-25(6)7)11-12(21)16-13(11)24-10(23)8-9-17-18-19-20(9)5/h11,13,25H,8H2,1-7H3,(H,16,21)/t11-,13-,15?/m1/s1. The molecule has 10 heteroatoms. The number of thioether (sulfide) groups is 1. The molecule has 25 heavy (non-hydrogen) atoms. The molecule has 7 nitrogen and oxygen atoms in total. The first-order chi connectivity index (χ1) is 11.5. The highest BCUT2D eigenvalue weighted by atomic mass is 32.2. The Kier molecular flexibility index (Phi) is 6.07. The van der Waals surface area contributed by atoms with Crippen LogP contribution in [-0.4, -0.2) is 50.3 Å². The van der Waals surface area contributed by atoms with Crippen LogP contribution in [0.5, 0.6) is 0 Å². The van der Waals surface area contributed by atoms with E-state index in [1.807, 2.05) is 0 Å². The van der Waals surface area contributed by atoms with E-state index in [4.69, 9.17) is 16.6 Å². The lowest BCUT2D eigenvalue weighted by Gasteiger charge is -2.54. The third-order valence-corrected chi connectivity index (χ3v) is 7.15. The van der Waals surface area contributed by atoms with Gasteiger partial charge in [0, 0.05) is 7.05 Å². The van der Waals surface area contributed by atoms with Crippen molar-refractivity contribution in [3.05, 3.63) is 5.82 Å². The number of carbonyl (C=O) groups excluding carboxylic acids is 1. The summed E-state index contributed by atoms with van der Waals surface area (Å²) in [7, 11) is 0.458. The first-order valence-corrected chi connectivity index (χ1v) is 12.4. The molecule has 0 saturated carbocycles. The first kappa shape index (κ1) is 20.5. The summed E-state index contributed by atoms with van der Waals surface area (Å²) in [6.45, 7) is 12.7. The van der Waals surface area contributed by atoms with E-state index in [0.717, 1.165) is 4.20 Å². The topological polar surface area (TPSA) is 81.9 Å². The number of nitrogens with one attached hydrogen (secondary N) is 1. The molecule has 1 aliphatic rings. The van der Waals surface area contributed by atoms with Crippen molar-refractivity contribution in [3.8, 4) is 0 Å². The molecule has 3 atom stereocenters. The summed E-state index contributed by atoms with van der Waals surface area (Å²) in [6.07, 6.45) is 0.495. The monoisotopic (exact) mass is 401 g/mol. The van der Waals surface area contributed by atoms with Crippen LogP contribution in [0.2, 0.25) is 13.1 Å². The number of nitrogens with zero attached hydrogens (tertiary/aromatic N) is 4. The van der Waals surface area contributed by atoms with E-state index in [1.165, 1.54) is 11.8 Å². The molecule has 1 unspecified atom stereocenters. The predicted molar refractivity (Wildman–Crippen MR) is 106 cm³/mol. The van der Waals surface area contributed by atoms with Crippen LogP contribution in [0.3, 0.4) is 0 Å². The molecule has 1 aliphatic heterocycles. The Morgan fingerprint density at radius 1 is 1.40 bits per heavy atom. The van der Waals surface area contributed by atoms with Crippen LogP contribution >= 0.6 is 24.0 Å². The molecule has 1 fully saturated rings. The molecule has 0 spiro atoms. The molecule has 2 heterocycles. The zero-order chi connectivity index (χ0) is 19.0. The second-order valence-electron chi connectivity index (χ2n) is 7.82. The van der Waals surface area contributed by atoms with E-state index in [-0.39, 0.29) is 22.6 Å². The zero-order valence-corrected chi connectivity index (χ0v) is 18.6. The van der Waals surface area contributed by atoms with Crippen LogP contribution in [0.1, 0.15) is 33.5 Å². The number of hydrogen-bond donors (Lipinski definition) is 1. The summed E-state index contributed by atoms with van der Waals surface area (Å²) in [5, 5.41) is 14.3. The molecule has 1 saturated heterocycles. The summed E-state index contributed by atoms with van der Waals surface area (Å²) >= 11 is 7.01. The SMILES string of the molecule is Cn1nnnc1CC(=S)S[C@H]1NC(=O)[C@H]1C(C)(O[SiH](C)C)C(C)(C)C. The maximum absolute atomic E-state index is 12.4. The molecule has 140 valence electrons. The van der Waals surface area contributed by atoms with Crippen molar-refractivity contribution in [2.45, 2.75) is 58.2 Å². The van der Waals surface area contributed by atoms with Crippen molar-refractivity contribution in [2.75, 3.05) is 0 Å². The number of amides is 1. The predicted octanol–water partition coefficient (Wildman–Crippen LogP) is 1.69. The van der Waals surface area contributed by atoms with Crippen LogP contribution in [0, 0.1) is 11.3 Å². The maximum Gasteiger partial charge on any atom is 0.229 e. The number of hydrogen-bond acceptors (Lipinski definition) is 7. The molecule has 1 amide bonds. The Morgan fingerprint density at radius 3 is 2.48 bits per heavy atom. The lowest BCUT2D eigenvalue weighted by molar-refractivity contribution is -0.153. The Hall–Kier alpha value is -0.843. The second kappa shape index (κ2) is 7.41. The van der Waals surface area contributed by atoms with Gasteiger partial charge in [-0.1, -0.05) is 44.8 Å². The molecule has 1 aromatic heterocycles. The largest absolute Gasteiger partial charge is 0.414 e. The lowest BCUT2D eigenvalue weighted by atomic mass is 9.67. The third kappa shape index (κ3) is 4.29. The van der Waals surface area contributed by atoms with Crippen molar-refractivity contribution in [3.63, 3.8) is 0 Å². The molecule has 1 N–H and O–H groups in total. The minimum atomic E-state index is -1.33. The molecular weight excluding hydrogens is 374 g/mol. The average Bonchev–Trinajstić information content (AvgIpc) is 2.81. The summed E-state index contributed by atoms with van der Waals surface area (Å²) < 4.78 is 8.76. The number of aryl methyl sites for hydroxylation is 1. The van der Waals surface area contributed by atoms with Crippen LogP contribution in [0.25, 0.3) is 0 Å². The fraction of sp³-hybridized carbons (Fsp3) is 0.800. The molecule has 2 rings (SSSR count). The number of carbonyl (C=O) groups is 1. The minimum Gasteiger partial charge on any atom is -0.414 e. The number of tetrazole rings is 1. The first-order valence-electron chi connectivity index (χ1n) is 8.34. The van der Waals surface area contributed by atoms with Crippen LogP contribution in [0.15, 0.2) is 0 Å². The van der Waals surface area contributed by atoms with Gasteiger partial charge in [0.2, 0.25) is 5.91 Å². The highest BCUT2D eigenvalue weighted by Crippen LogP contribution is 2.47. The average molecular weight is 402 g/mol. The molecule has 1 aromatic rings. The van der Waals surface area contributed by atoms with Gasteiger partial charge in [0.05, 0.1) is 27.5 Å². The third-order valence-electron chi connectivity index (χ3n) is 4.70. The second-order valence-corrected chi connectivity index (χ2v) is 12.1. The summed E-state index contributed by atoms with van der Waals surface area (Å²) in [5.41, 5.74) is -0.698. The van der Waals surface area contributed by atoms with E-state index in [2.05, 4.69) is 61.6 Å². The van der Waals surface area contributed by atoms with Gasteiger partial charge in [-0.15, -0.1) is 5.10 Å². The van der Waals surface area contributed by atoms with Gasteiger partial charge in [0.1, 0.15) is 0 Å². The summed E-state index contributed by atoms with van der Waals surface area (Å²) in [4.78, 5) is 12.4.